The molecule has 0 atom stereocenters. The van der Waals surface area contributed by atoms with Crippen molar-refractivity contribution in [3.63, 3.8) is 0 Å². The average molecular weight is 538 g/mol. The number of rotatable bonds is 12. The molecule has 0 heterocycles. The Morgan fingerprint density at radius 1 is 1.10 bits per heavy atom. The van der Waals surface area contributed by atoms with Crippen molar-refractivity contribution in [2.45, 2.75) is 20.3 Å². The van der Waals surface area contributed by atoms with E-state index in [0.717, 1.165) is 35.8 Å². The second-order valence-electron chi connectivity index (χ2n) is 6.20. The smallest absolute Gasteiger partial charge is 0.243 e. The second kappa shape index (κ2) is 16.4. The molecular weight excluding hydrogens is 503 g/mol. The third kappa shape index (κ3) is 11.4. The Bertz CT molecular complexity index is 630. The van der Waals surface area contributed by atoms with Gasteiger partial charge in [0.05, 0.1) is 13.2 Å². The first-order valence-corrected chi connectivity index (χ1v) is 11.0. The molecule has 1 aromatic carbocycles. The highest BCUT2D eigenvalue weighted by Crippen LogP contribution is 2.28. The highest BCUT2D eigenvalue weighted by Gasteiger charge is 2.07. The van der Waals surface area contributed by atoms with Gasteiger partial charge >= 0.3 is 0 Å². The predicted octanol–water partition coefficient (Wildman–Crippen LogP) is 2.63. The third-order valence-corrected chi connectivity index (χ3v) is 4.40. The quantitative estimate of drug-likeness (QED) is 0.185. The van der Waals surface area contributed by atoms with Gasteiger partial charge in [0.15, 0.2) is 17.5 Å². The fourth-order valence-corrected chi connectivity index (χ4v) is 2.62. The minimum Gasteiger partial charge on any atom is -0.490 e. The molecule has 1 amide bonds. The molecule has 0 saturated carbocycles. The SMILES string of the molecule is CCOc1ccc(CCNC(=NCC(=O)N(C)C)NCCSC)cc1OCC.I. The van der Waals surface area contributed by atoms with E-state index >= 15 is 0 Å². The minimum atomic E-state index is -0.0289. The molecule has 29 heavy (non-hydrogen) atoms. The molecule has 0 aliphatic heterocycles. The van der Waals surface area contributed by atoms with Crippen molar-refractivity contribution in [2.24, 2.45) is 4.99 Å². The number of ether oxygens (including phenoxy) is 2. The number of aliphatic imine (C=N–C) groups is 1. The Labute approximate surface area is 196 Å². The Morgan fingerprint density at radius 2 is 1.76 bits per heavy atom. The van der Waals surface area contributed by atoms with Crippen LogP contribution >= 0.6 is 35.7 Å². The van der Waals surface area contributed by atoms with E-state index in [1.165, 1.54) is 4.90 Å². The lowest BCUT2D eigenvalue weighted by Gasteiger charge is -2.15. The molecule has 1 aromatic rings. The van der Waals surface area contributed by atoms with Gasteiger partial charge in [-0.25, -0.2) is 4.99 Å². The molecule has 0 aromatic heterocycles. The van der Waals surface area contributed by atoms with Crippen molar-refractivity contribution in [1.82, 2.24) is 15.5 Å². The van der Waals surface area contributed by atoms with Crippen molar-refractivity contribution in [2.75, 3.05) is 59.0 Å². The lowest BCUT2D eigenvalue weighted by atomic mass is 10.1. The lowest BCUT2D eigenvalue weighted by Crippen LogP contribution is -2.40. The number of benzene rings is 1. The predicted molar refractivity (Wildman–Crippen MR) is 133 cm³/mol. The number of nitrogens with one attached hydrogen (secondary N) is 2. The first kappa shape index (κ1) is 27.6. The van der Waals surface area contributed by atoms with E-state index in [9.17, 15) is 4.79 Å². The number of halogens is 1. The molecule has 0 fully saturated rings. The number of likely N-dealkylation sites (N-methyl/N-ethyl adjacent to an activating group) is 1. The second-order valence-corrected chi connectivity index (χ2v) is 7.18. The van der Waals surface area contributed by atoms with Gasteiger partial charge in [-0.15, -0.1) is 24.0 Å². The van der Waals surface area contributed by atoms with Crippen LogP contribution in [0.25, 0.3) is 0 Å². The number of thioether (sulfide) groups is 1. The number of carbonyl (C=O) groups is 1. The first-order valence-electron chi connectivity index (χ1n) is 9.61. The minimum absolute atomic E-state index is 0. The number of nitrogens with zero attached hydrogens (tertiary/aromatic N) is 2. The number of hydrogen-bond acceptors (Lipinski definition) is 5. The van der Waals surface area contributed by atoms with Crippen molar-refractivity contribution < 1.29 is 14.3 Å². The van der Waals surface area contributed by atoms with Gasteiger partial charge in [-0.3, -0.25) is 4.79 Å². The summed E-state index contributed by atoms with van der Waals surface area (Å²) in [6.07, 6.45) is 2.86. The summed E-state index contributed by atoms with van der Waals surface area (Å²) in [5, 5.41) is 6.56. The molecule has 0 saturated heterocycles. The molecule has 0 aliphatic rings. The topological polar surface area (TPSA) is 75.2 Å². The van der Waals surface area contributed by atoms with Gasteiger partial charge in [0, 0.05) is 32.9 Å². The molecule has 0 radical (unpaired) electrons. The summed E-state index contributed by atoms with van der Waals surface area (Å²) < 4.78 is 11.3. The van der Waals surface area contributed by atoms with Crippen molar-refractivity contribution in [3.05, 3.63) is 23.8 Å². The summed E-state index contributed by atoms with van der Waals surface area (Å²) in [6.45, 7) is 6.73. The Morgan fingerprint density at radius 3 is 2.38 bits per heavy atom. The summed E-state index contributed by atoms with van der Waals surface area (Å²) >= 11 is 1.76. The van der Waals surface area contributed by atoms with Crippen LogP contribution < -0.4 is 20.1 Å². The average Bonchev–Trinajstić information content (AvgIpc) is 2.67. The summed E-state index contributed by atoms with van der Waals surface area (Å²) in [4.78, 5) is 17.7. The fraction of sp³-hybridized carbons (Fsp3) is 0.600. The van der Waals surface area contributed by atoms with E-state index in [2.05, 4.69) is 21.9 Å². The lowest BCUT2D eigenvalue weighted by molar-refractivity contribution is -0.127. The van der Waals surface area contributed by atoms with Crippen LogP contribution in [0.5, 0.6) is 11.5 Å². The van der Waals surface area contributed by atoms with Crippen LogP contribution in [-0.2, 0) is 11.2 Å². The molecule has 7 nitrogen and oxygen atoms in total. The van der Waals surface area contributed by atoms with Crippen LogP contribution in [0.2, 0.25) is 0 Å². The van der Waals surface area contributed by atoms with E-state index in [1.54, 1.807) is 25.9 Å². The number of hydrogen-bond donors (Lipinski definition) is 2. The largest absolute Gasteiger partial charge is 0.490 e. The number of guanidine groups is 1. The summed E-state index contributed by atoms with van der Waals surface area (Å²) in [5.74, 6) is 3.13. The van der Waals surface area contributed by atoms with E-state index in [0.29, 0.717) is 25.7 Å². The zero-order valence-corrected chi connectivity index (χ0v) is 21.3. The molecular formula is C20H35IN4O3S. The maximum Gasteiger partial charge on any atom is 0.243 e. The van der Waals surface area contributed by atoms with Crippen LogP contribution in [0.3, 0.4) is 0 Å². The summed E-state index contributed by atoms with van der Waals surface area (Å²) in [5.41, 5.74) is 1.15. The van der Waals surface area contributed by atoms with Gasteiger partial charge < -0.3 is 25.0 Å². The molecule has 9 heteroatoms. The molecule has 0 bridgehead atoms. The monoisotopic (exact) mass is 538 g/mol. The van der Waals surface area contributed by atoms with Crippen LogP contribution in [0, 0.1) is 0 Å². The number of carbonyl (C=O) groups excluding carboxylic acids is 1. The zero-order valence-electron chi connectivity index (χ0n) is 18.1. The molecule has 1 rings (SSSR count). The third-order valence-electron chi connectivity index (χ3n) is 3.78. The van der Waals surface area contributed by atoms with Gasteiger partial charge in [-0.2, -0.15) is 11.8 Å². The van der Waals surface area contributed by atoms with Crippen molar-refractivity contribution in [3.8, 4) is 11.5 Å². The maximum atomic E-state index is 11.8. The molecule has 0 unspecified atom stereocenters. The highest BCUT2D eigenvalue weighted by atomic mass is 127. The Hall–Kier alpha value is -1.36. The van der Waals surface area contributed by atoms with Gasteiger partial charge in [0.25, 0.3) is 0 Å². The van der Waals surface area contributed by atoms with Crippen LogP contribution in [0.15, 0.2) is 23.2 Å². The standard InChI is InChI=1S/C20H34N4O3S.HI/c1-6-26-17-9-8-16(14-18(17)27-7-2)10-11-21-20(22-12-13-28-5)23-15-19(25)24(3)4;/h8-9,14H,6-7,10-13,15H2,1-5H3,(H2,21,22,23);1H. The van der Waals surface area contributed by atoms with Gasteiger partial charge in [0.1, 0.15) is 6.54 Å². The highest BCUT2D eigenvalue weighted by molar-refractivity contribution is 14.0. The van der Waals surface area contributed by atoms with E-state index < -0.39 is 0 Å². The van der Waals surface area contributed by atoms with Crippen LogP contribution in [0.1, 0.15) is 19.4 Å². The van der Waals surface area contributed by atoms with E-state index in [1.807, 2.05) is 32.0 Å². The molecule has 2 N–H and O–H groups in total. The molecule has 166 valence electrons. The normalized spacial score (nSPS) is 10.7. The summed E-state index contributed by atoms with van der Waals surface area (Å²) in [6, 6.07) is 6.01. The van der Waals surface area contributed by atoms with E-state index in [-0.39, 0.29) is 36.4 Å². The van der Waals surface area contributed by atoms with Gasteiger partial charge in [0.2, 0.25) is 5.91 Å². The molecule has 0 aliphatic carbocycles. The Balaban J connectivity index is 0.00000784. The zero-order chi connectivity index (χ0) is 20.8. The first-order chi connectivity index (χ1) is 13.5. The van der Waals surface area contributed by atoms with Crippen LogP contribution in [-0.4, -0.2) is 75.7 Å². The van der Waals surface area contributed by atoms with Crippen molar-refractivity contribution >= 4 is 47.6 Å². The maximum absolute atomic E-state index is 11.8. The van der Waals surface area contributed by atoms with Gasteiger partial charge in [-0.1, -0.05) is 6.07 Å². The number of amides is 1. The van der Waals surface area contributed by atoms with Crippen LogP contribution in [0.4, 0.5) is 0 Å². The Kier molecular flexibility index (Phi) is 15.7. The van der Waals surface area contributed by atoms with Gasteiger partial charge in [-0.05, 0) is 44.2 Å². The summed E-state index contributed by atoms with van der Waals surface area (Å²) in [7, 11) is 3.46. The van der Waals surface area contributed by atoms with E-state index in [4.69, 9.17) is 9.47 Å². The fourth-order valence-electron chi connectivity index (χ4n) is 2.31. The van der Waals surface area contributed by atoms with Crippen molar-refractivity contribution in [1.29, 1.82) is 0 Å². The molecule has 0 spiro atoms.